The van der Waals surface area contributed by atoms with E-state index in [-0.39, 0.29) is 18.2 Å². The van der Waals surface area contributed by atoms with Crippen LogP contribution >= 0.6 is 0 Å². The molecule has 1 aromatic heterocycles. The van der Waals surface area contributed by atoms with Crippen LogP contribution in [0.15, 0.2) is 40.8 Å². The Labute approximate surface area is 99.2 Å². The predicted octanol–water partition coefficient (Wildman–Crippen LogP) is 2.72. The van der Waals surface area contributed by atoms with Crippen LogP contribution in [0.25, 0.3) is 0 Å². The quantitative estimate of drug-likeness (QED) is 0.865. The molecule has 0 aliphatic carbocycles. The third-order valence-corrected chi connectivity index (χ3v) is 2.27. The Kier molecular flexibility index (Phi) is 3.77. The van der Waals surface area contributed by atoms with E-state index in [1.165, 1.54) is 6.07 Å². The molecule has 2 aromatic rings. The van der Waals surface area contributed by atoms with Crippen molar-refractivity contribution in [2.45, 2.75) is 13.2 Å². The summed E-state index contributed by atoms with van der Waals surface area (Å²) < 4.78 is 24.1. The fraction of sp³-hybridized carbons (Fsp3) is 0.231. The highest BCUT2D eigenvalue weighted by Crippen LogP contribution is 2.17. The van der Waals surface area contributed by atoms with Crippen LogP contribution in [0.5, 0.6) is 5.75 Å². The minimum atomic E-state index is -0.366. The van der Waals surface area contributed by atoms with Gasteiger partial charge >= 0.3 is 0 Å². The summed E-state index contributed by atoms with van der Waals surface area (Å²) in [6.45, 7) is 0.893. The van der Waals surface area contributed by atoms with E-state index in [0.717, 1.165) is 5.76 Å². The van der Waals surface area contributed by atoms with Crippen molar-refractivity contribution in [3.63, 3.8) is 0 Å². The summed E-state index contributed by atoms with van der Waals surface area (Å²) in [5.74, 6) is 1.38. The van der Waals surface area contributed by atoms with Gasteiger partial charge in [0.1, 0.15) is 18.1 Å². The second-order valence-electron chi connectivity index (χ2n) is 3.62. The molecular formula is C13H14FNO2. The Hall–Kier alpha value is -1.81. The first-order valence-electron chi connectivity index (χ1n) is 5.39. The minimum Gasteiger partial charge on any atom is -0.483 e. The van der Waals surface area contributed by atoms with Crippen molar-refractivity contribution < 1.29 is 13.5 Å². The van der Waals surface area contributed by atoms with Crippen LogP contribution < -0.4 is 10.1 Å². The Bertz CT molecular complexity index is 482. The molecular weight excluding hydrogens is 221 g/mol. The highest BCUT2D eigenvalue weighted by atomic mass is 19.1. The average Bonchev–Trinajstić information content (AvgIpc) is 2.76. The van der Waals surface area contributed by atoms with Crippen LogP contribution in [0.1, 0.15) is 11.5 Å². The number of furan rings is 1. The van der Waals surface area contributed by atoms with Crippen molar-refractivity contribution in [1.82, 2.24) is 5.32 Å². The SMILES string of the molecule is CNCc1ccc(COc2ccccc2F)o1. The molecule has 0 radical (unpaired) electrons. The maximum Gasteiger partial charge on any atom is 0.165 e. The molecule has 1 heterocycles. The van der Waals surface area contributed by atoms with Crippen molar-refractivity contribution in [2.75, 3.05) is 7.05 Å². The maximum atomic E-state index is 13.3. The molecule has 0 saturated carbocycles. The first-order chi connectivity index (χ1) is 8.29. The third-order valence-electron chi connectivity index (χ3n) is 2.27. The van der Waals surface area contributed by atoms with Gasteiger partial charge in [-0.05, 0) is 31.3 Å². The van der Waals surface area contributed by atoms with Crippen molar-refractivity contribution in [3.8, 4) is 5.75 Å². The fourth-order valence-electron chi connectivity index (χ4n) is 1.48. The summed E-state index contributed by atoms with van der Waals surface area (Å²) >= 11 is 0. The van der Waals surface area contributed by atoms with Crippen molar-refractivity contribution in [3.05, 3.63) is 53.7 Å². The summed E-state index contributed by atoms with van der Waals surface area (Å²) in [5.41, 5.74) is 0. The zero-order valence-corrected chi connectivity index (χ0v) is 9.57. The highest BCUT2D eigenvalue weighted by molar-refractivity contribution is 5.23. The molecule has 0 spiro atoms. The molecule has 0 aliphatic heterocycles. The molecule has 2 rings (SSSR count). The molecule has 17 heavy (non-hydrogen) atoms. The summed E-state index contributed by atoms with van der Waals surface area (Å²) in [7, 11) is 1.85. The predicted molar refractivity (Wildman–Crippen MR) is 62.2 cm³/mol. The van der Waals surface area contributed by atoms with E-state index in [1.54, 1.807) is 18.2 Å². The lowest BCUT2D eigenvalue weighted by molar-refractivity contribution is 0.254. The lowest BCUT2D eigenvalue weighted by Crippen LogP contribution is -2.03. The molecule has 0 aliphatic rings. The fourth-order valence-corrected chi connectivity index (χ4v) is 1.48. The van der Waals surface area contributed by atoms with Gasteiger partial charge in [-0.2, -0.15) is 0 Å². The van der Waals surface area contributed by atoms with Crippen LogP contribution in [0.2, 0.25) is 0 Å². The second-order valence-corrected chi connectivity index (χ2v) is 3.62. The van der Waals surface area contributed by atoms with Gasteiger partial charge in [0.25, 0.3) is 0 Å². The number of halogens is 1. The van der Waals surface area contributed by atoms with Gasteiger partial charge in [0.15, 0.2) is 11.6 Å². The number of hydrogen-bond donors (Lipinski definition) is 1. The van der Waals surface area contributed by atoms with Gasteiger partial charge < -0.3 is 14.5 Å². The second kappa shape index (κ2) is 5.50. The van der Waals surface area contributed by atoms with Gasteiger partial charge in [-0.15, -0.1) is 0 Å². The lowest BCUT2D eigenvalue weighted by atomic mass is 10.3. The summed E-state index contributed by atoms with van der Waals surface area (Å²) in [6, 6.07) is 10.0. The average molecular weight is 235 g/mol. The van der Waals surface area contributed by atoms with Crippen molar-refractivity contribution in [1.29, 1.82) is 0 Å². The van der Waals surface area contributed by atoms with E-state index in [0.29, 0.717) is 12.3 Å². The van der Waals surface area contributed by atoms with E-state index < -0.39 is 0 Å². The van der Waals surface area contributed by atoms with Crippen LogP contribution in [-0.4, -0.2) is 7.05 Å². The Morgan fingerprint density at radius 3 is 2.71 bits per heavy atom. The highest BCUT2D eigenvalue weighted by Gasteiger charge is 2.05. The van der Waals surface area contributed by atoms with Crippen molar-refractivity contribution in [2.24, 2.45) is 0 Å². The van der Waals surface area contributed by atoms with Crippen LogP contribution in [0.4, 0.5) is 4.39 Å². The summed E-state index contributed by atoms with van der Waals surface area (Å²) in [6.07, 6.45) is 0. The largest absolute Gasteiger partial charge is 0.483 e. The molecule has 0 bridgehead atoms. The zero-order chi connectivity index (χ0) is 12.1. The molecule has 3 nitrogen and oxygen atoms in total. The van der Waals surface area contributed by atoms with Gasteiger partial charge in [0.05, 0.1) is 6.54 Å². The maximum absolute atomic E-state index is 13.3. The Morgan fingerprint density at radius 1 is 1.18 bits per heavy atom. The molecule has 1 aromatic carbocycles. The van der Waals surface area contributed by atoms with E-state index in [4.69, 9.17) is 9.15 Å². The Balaban J connectivity index is 1.95. The first-order valence-corrected chi connectivity index (χ1v) is 5.39. The van der Waals surface area contributed by atoms with E-state index in [9.17, 15) is 4.39 Å². The van der Waals surface area contributed by atoms with E-state index in [2.05, 4.69) is 5.32 Å². The molecule has 0 unspecified atom stereocenters. The van der Waals surface area contributed by atoms with Gasteiger partial charge in [0, 0.05) is 0 Å². The zero-order valence-electron chi connectivity index (χ0n) is 9.57. The van der Waals surface area contributed by atoms with Crippen LogP contribution in [0.3, 0.4) is 0 Å². The molecule has 0 atom stereocenters. The number of rotatable bonds is 5. The first kappa shape index (κ1) is 11.7. The van der Waals surface area contributed by atoms with Gasteiger partial charge in [-0.25, -0.2) is 4.39 Å². The van der Waals surface area contributed by atoms with Crippen molar-refractivity contribution >= 4 is 0 Å². The number of nitrogens with one attached hydrogen (secondary N) is 1. The topological polar surface area (TPSA) is 34.4 Å². The standard InChI is InChI=1S/C13H14FNO2/c1-15-8-10-6-7-11(17-10)9-16-13-5-3-2-4-12(13)14/h2-7,15H,8-9H2,1H3. The van der Waals surface area contributed by atoms with Gasteiger partial charge in [-0.1, -0.05) is 12.1 Å². The van der Waals surface area contributed by atoms with E-state index >= 15 is 0 Å². The smallest absolute Gasteiger partial charge is 0.165 e. The molecule has 0 amide bonds. The lowest BCUT2D eigenvalue weighted by Gasteiger charge is -2.04. The molecule has 1 N–H and O–H groups in total. The van der Waals surface area contributed by atoms with Gasteiger partial charge in [0.2, 0.25) is 0 Å². The monoisotopic (exact) mass is 235 g/mol. The number of benzene rings is 1. The Morgan fingerprint density at radius 2 is 1.94 bits per heavy atom. The number of ether oxygens (including phenoxy) is 1. The van der Waals surface area contributed by atoms with Crippen LogP contribution in [0, 0.1) is 5.82 Å². The number of hydrogen-bond acceptors (Lipinski definition) is 3. The normalized spacial score (nSPS) is 10.5. The summed E-state index contributed by atoms with van der Waals surface area (Å²) in [4.78, 5) is 0. The van der Waals surface area contributed by atoms with E-state index in [1.807, 2.05) is 19.2 Å². The number of para-hydroxylation sites is 1. The molecule has 90 valence electrons. The molecule has 0 saturated heterocycles. The third kappa shape index (κ3) is 3.07. The summed E-state index contributed by atoms with van der Waals surface area (Å²) in [5, 5.41) is 2.99. The minimum absolute atomic E-state index is 0.227. The molecule has 0 fully saturated rings. The van der Waals surface area contributed by atoms with Crippen LogP contribution in [-0.2, 0) is 13.2 Å². The molecule has 4 heteroatoms. The van der Waals surface area contributed by atoms with Gasteiger partial charge in [-0.3, -0.25) is 0 Å².